The minimum absolute atomic E-state index is 0.466. The van der Waals surface area contributed by atoms with E-state index in [2.05, 4.69) is 39.5 Å². The van der Waals surface area contributed by atoms with Gasteiger partial charge in [-0.2, -0.15) is 0 Å². The van der Waals surface area contributed by atoms with Crippen molar-refractivity contribution in [3.8, 4) is 0 Å². The molecule has 0 saturated carbocycles. The van der Waals surface area contributed by atoms with Gasteiger partial charge in [0.25, 0.3) is 0 Å². The second-order valence-electron chi connectivity index (χ2n) is 5.63. The van der Waals surface area contributed by atoms with E-state index < -0.39 is 0 Å². The molecule has 1 unspecified atom stereocenters. The third-order valence-corrected chi connectivity index (χ3v) is 2.63. The summed E-state index contributed by atoms with van der Waals surface area (Å²) in [5, 5.41) is 0. The summed E-state index contributed by atoms with van der Waals surface area (Å²) in [5.41, 5.74) is 0.466. The molecular formula is C11H23N. The highest BCUT2D eigenvalue weighted by atomic mass is 15.2. The number of nitrogens with zero attached hydrogens (tertiary/aromatic N) is 1. The molecule has 0 aromatic heterocycles. The molecule has 1 atom stereocenters. The van der Waals surface area contributed by atoms with E-state index in [0.717, 1.165) is 12.0 Å². The van der Waals surface area contributed by atoms with Crippen LogP contribution in [0.3, 0.4) is 0 Å². The Morgan fingerprint density at radius 1 is 1.33 bits per heavy atom. The van der Waals surface area contributed by atoms with E-state index in [1.165, 1.54) is 19.5 Å². The van der Waals surface area contributed by atoms with Crippen molar-refractivity contribution in [3.05, 3.63) is 0 Å². The fraction of sp³-hybridized carbons (Fsp3) is 1.00. The van der Waals surface area contributed by atoms with Gasteiger partial charge in [-0.05, 0) is 24.3 Å². The third-order valence-electron chi connectivity index (χ3n) is 2.63. The van der Waals surface area contributed by atoms with E-state index in [1.807, 2.05) is 0 Å². The fourth-order valence-corrected chi connectivity index (χ4v) is 2.02. The van der Waals surface area contributed by atoms with Gasteiger partial charge in [-0.3, -0.25) is 4.90 Å². The highest BCUT2D eigenvalue weighted by Gasteiger charge is 2.32. The Morgan fingerprint density at radius 2 is 1.92 bits per heavy atom. The van der Waals surface area contributed by atoms with Crippen LogP contribution < -0.4 is 0 Å². The lowest BCUT2D eigenvalue weighted by Gasteiger charge is -2.46. The van der Waals surface area contributed by atoms with Crippen molar-refractivity contribution in [1.29, 1.82) is 0 Å². The van der Waals surface area contributed by atoms with Gasteiger partial charge in [-0.25, -0.2) is 0 Å². The van der Waals surface area contributed by atoms with Gasteiger partial charge in [0.15, 0.2) is 0 Å². The van der Waals surface area contributed by atoms with E-state index in [0.29, 0.717) is 5.41 Å². The Balaban J connectivity index is 2.35. The van der Waals surface area contributed by atoms with Gasteiger partial charge >= 0.3 is 0 Å². The molecule has 0 aromatic carbocycles. The first-order chi connectivity index (χ1) is 5.40. The van der Waals surface area contributed by atoms with Crippen LogP contribution in [0.4, 0.5) is 0 Å². The SMILES string of the molecule is CC(C)C1CCN1CC(C)(C)C. The van der Waals surface area contributed by atoms with Crippen LogP contribution in [-0.4, -0.2) is 24.0 Å². The molecule has 1 fully saturated rings. The first-order valence-electron chi connectivity index (χ1n) is 5.14. The molecule has 1 heteroatoms. The van der Waals surface area contributed by atoms with Crippen LogP contribution >= 0.6 is 0 Å². The molecule has 72 valence electrons. The molecule has 0 aliphatic carbocycles. The topological polar surface area (TPSA) is 3.24 Å². The van der Waals surface area contributed by atoms with Crippen molar-refractivity contribution >= 4 is 0 Å². The molecule has 1 rings (SSSR count). The van der Waals surface area contributed by atoms with E-state index in [-0.39, 0.29) is 0 Å². The summed E-state index contributed by atoms with van der Waals surface area (Å²) in [7, 11) is 0. The zero-order chi connectivity index (χ0) is 9.35. The quantitative estimate of drug-likeness (QED) is 0.614. The second-order valence-corrected chi connectivity index (χ2v) is 5.63. The summed E-state index contributed by atoms with van der Waals surface area (Å²) in [6.45, 7) is 14.2. The smallest absolute Gasteiger partial charge is 0.0131 e. The molecular weight excluding hydrogens is 146 g/mol. The van der Waals surface area contributed by atoms with Gasteiger partial charge in [-0.1, -0.05) is 34.6 Å². The maximum Gasteiger partial charge on any atom is 0.0131 e. The van der Waals surface area contributed by atoms with Crippen LogP contribution in [0, 0.1) is 11.3 Å². The van der Waals surface area contributed by atoms with Crippen molar-refractivity contribution < 1.29 is 0 Å². The third kappa shape index (κ3) is 2.48. The van der Waals surface area contributed by atoms with Crippen LogP contribution in [0.25, 0.3) is 0 Å². The summed E-state index contributed by atoms with van der Waals surface area (Å²) >= 11 is 0. The Labute approximate surface area is 77.1 Å². The van der Waals surface area contributed by atoms with Gasteiger partial charge in [0, 0.05) is 12.6 Å². The first-order valence-corrected chi connectivity index (χ1v) is 5.14. The monoisotopic (exact) mass is 169 g/mol. The predicted octanol–water partition coefficient (Wildman–Crippen LogP) is 2.76. The average Bonchev–Trinajstić information content (AvgIpc) is 1.77. The molecule has 0 aromatic rings. The highest BCUT2D eigenvalue weighted by molar-refractivity contribution is 4.87. The van der Waals surface area contributed by atoms with E-state index >= 15 is 0 Å². The minimum Gasteiger partial charge on any atom is -0.300 e. The normalized spacial score (nSPS) is 26.0. The van der Waals surface area contributed by atoms with Crippen LogP contribution in [0.15, 0.2) is 0 Å². The summed E-state index contributed by atoms with van der Waals surface area (Å²) in [4.78, 5) is 2.63. The van der Waals surface area contributed by atoms with Crippen LogP contribution in [0.2, 0.25) is 0 Å². The molecule has 1 heterocycles. The Hall–Kier alpha value is -0.0400. The van der Waals surface area contributed by atoms with Crippen molar-refractivity contribution in [2.24, 2.45) is 11.3 Å². The summed E-state index contributed by atoms with van der Waals surface area (Å²) < 4.78 is 0. The minimum atomic E-state index is 0.466. The van der Waals surface area contributed by atoms with Crippen molar-refractivity contribution in [1.82, 2.24) is 4.90 Å². The Kier molecular flexibility index (Phi) is 2.82. The molecule has 0 amide bonds. The van der Waals surface area contributed by atoms with Crippen molar-refractivity contribution in [3.63, 3.8) is 0 Å². The molecule has 1 aliphatic rings. The highest BCUT2D eigenvalue weighted by Crippen LogP contribution is 2.28. The zero-order valence-electron chi connectivity index (χ0n) is 9.22. The van der Waals surface area contributed by atoms with Crippen LogP contribution in [-0.2, 0) is 0 Å². The molecule has 12 heavy (non-hydrogen) atoms. The molecule has 1 nitrogen and oxygen atoms in total. The fourth-order valence-electron chi connectivity index (χ4n) is 2.02. The zero-order valence-corrected chi connectivity index (χ0v) is 9.22. The summed E-state index contributed by atoms with van der Waals surface area (Å²) in [5.74, 6) is 0.834. The van der Waals surface area contributed by atoms with Gasteiger partial charge in [0.1, 0.15) is 0 Å². The lowest BCUT2D eigenvalue weighted by Crippen LogP contribution is -2.53. The molecule has 1 saturated heterocycles. The standard InChI is InChI=1S/C11H23N/c1-9(2)10-6-7-12(10)8-11(3,4)5/h9-10H,6-8H2,1-5H3. The van der Waals surface area contributed by atoms with E-state index in [9.17, 15) is 0 Å². The van der Waals surface area contributed by atoms with E-state index in [1.54, 1.807) is 0 Å². The van der Waals surface area contributed by atoms with Crippen LogP contribution in [0.1, 0.15) is 41.0 Å². The molecule has 0 spiro atoms. The second kappa shape index (κ2) is 3.37. The largest absolute Gasteiger partial charge is 0.300 e. The maximum atomic E-state index is 2.63. The number of likely N-dealkylation sites (tertiary alicyclic amines) is 1. The predicted molar refractivity (Wildman–Crippen MR) is 54.3 cm³/mol. The van der Waals surface area contributed by atoms with Crippen molar-refractivity contribution in [2.45, 2.75) is 47.1 Å². The number of hydrogen-bond acceptors (Lipinski definition) is 1. The number of rotatable bonds is 2. The first kappa shape index (κ1) is 10.0. The van der Waals surface area contributed by atoms with Gasteiger partial charge < -0.3 is 0 Å². The number of hydrogen-bond donors (Lipinski definition) is 0. The van der Waals surface area contributed by atoms with E-state index in [4.69, 9.17) is 0 Å². The van der Waals surface area contributed by atoms with Gasteiger partial charge in [-0.15, -0.1) is 0 Å². The van der Waals surface area contributed by atoms with Crippen LogP contribution in [0.5, 0.6) is 0 Å². The molecule has 0 radical (unpaired) electrons. The Morgan fingerprint density at radius 3 is 2.17 bits per heavy atom. The molecule has 0 N–H and O–H groups in total. The lowest BCUT2D eigenvalue weighted by molar-refractivity contribution is 0.0259. The lowest BCUT2D eigenvalue weighted by atomic mass is 9.87. The average molecular weight is 169 g/mol. The van der Waals surface area contributed by atoms with Gasteiger partial charge in [0.2, 0.25) is 0 Å². The van der Waals surface area contributed by atoms with Crippen molar-refractivity contribution in [2.75, 3.05) is 13.1 Å². The van der Waals surface area contributed by atoms with Gasteiger partial charge in [0.05, 0.1) is 0 Å². The molecule has 0 bridgehead atoms. The summed E-state index contributed by atoms with van der Waals surface area (Å²) in [6.07, 6.45) is 1.41. The Bertz CT molecular complexity index is 144. The molecule has 1 aliphatic heterocycles. The summed E-state index contributed by atoms with van der Waals surface area (Å²) in [6, 6.07) is 0.865. The maximum absolute atomic E-state index is 2.63.